The second-order valence-corrected chi connectivity index (χ2v) is 16.6. The number of nitrogens with zero attached hydrogens (tertiary/aromatic N) is 7. The summed E-state index contributed by atoms with van der Waals surface area (Å²) in [7, 11) is 1.27. The molecular formula is C35H47BrN9OPS. The Balaban J connectivity index is 1.16. The molecule has 0 atom stereocenters. The zero-order valence-corrected chi connectivity index (χ0v) is 32.0. The Labute approximate surface area is 298 Å². The Kier molecular flexibility index (Phi) is 11.9. The lowest BCUT2D eigenvalue weighted by Gasteiger charge is -2.43. The van der Waals surface area contributed by atoms with E-state index in [9.17, 15) is 0 Å². The molecule has 4 heterocycles. The van der Waals surface area contributed by atoms with Crippen molar-refractivity contribution >= 4 is 80.8 Å². The summed E-state index contributed by atoms with van der Waals surface area (Å²) in [4.78, 5) is 26.5. The molecule has 0 unspecified atom stereocenters. The fourth-order valence-corrected chi connectivity index (χ4v) is 8.78. The molecule has 2 N–H and O–H groups in total. The number of hydrogen-bond acceptors (Lipinski definition) is 11. The first kappa shape index (κ1) is 35.1. The highest BCUT2D eigenvalue weighted by Crippen LogP contribution is 2.38. The van der Waals surface area contributed by atoms with Crippen LogP contribution in [0.5, 0.6) is 5.75 Å². The van der Waals surface area contributed by atoms with Crippen LogP contribution in [0.15, 0.2) is 47.3 Å². The topological polar surface area (TPSA) is 94.6 Å². The summed E-state index contributed by atoms with van der Waals surface area (Å²) < 4.78 is 6.71. The molecule has 2 aliphatic rings. The predicted octanol–water partition coefficient (Wildman–Crippen LogP) is 6.56. The lowest BCUT2D eigenvalue weighted by Crippen LogP contribution is -2.53. The molecule has 2 aliphatic heterocycles. The minimum absolute atomic E-state index is 0.465. The average Bonchev–Trinajstić information content (AvgIpc) is 3.12. The molecule has 10 nitrogen and oxygen atoms in total. The van der Waals surface area contributed by atoms with Gasteiger partial charge in [0.15, 0.2) is 0 Å². The number of nitrogens with one attached hydrogen (secondary N) is 2. The van der Waals surface area contributed by atoms with Crippen LogP contribution < -0.4 is 25.6 Å². The summed E-state index contributed by atoms with van der Waals surface area (Å²) in [5, 5.41) is 8.17. The SMILES string of the molecule is CCc1cc(Nc2ncc(Br)c(Nc3ccc4nccnc4c3P(C)C)n2)c(OC)cc1N1CCC(N2CCN(CCSC)CC2)CC1. The third-order valence-electron chi connectivity index (χ3n) is 9.43. The predicted molar refractivity (Wildman–Crippen MR) is 208 cm³/mol. The van der Waals surface area contributed by atoms with Gasteiger partial charge in [-0.3, -0.25) is 19.8 Å². The number of aromatic nitrogens is 4. The van der Waals surface area contributed by atoms with Crippen LogP contribution in [0.4, 0.5) is 28.8 Å². The minimum atomic E-state index is -0.465. The van der Waals surface area contributed by atoms with Crippen LogP contribution in [0.25, 0.3) is 11.0 Å². The molecule has 0 spiro atoms. The van der Waals surface area contributed by atoms with Crippen LogP contribution in [-0.4, -0.2) is 114 Å². The number of thioether (sulfide) groups is 1. The largest absolute Gasteiger partial charge is 0.494 e. The molecule has 4 aromatic rings. The fraction of sp³-hybridized carbons (Fsp3) is 0.486. The Morgan fingerprint density at radius 3 is 2.46 bits per heavy atom. The zero-order valence-electron chi connectivity index (χ0n) is 28.7. The highest BCUT2D eigenvalue weighted by atomic mass is 79.9. The molecule has 0 aliphatic carbocycles. The maximum atomic E-state index is 5.94. The van der Waals surface area contributed by atoms with Gasteiger partial charge in [-0.25, -0.2) is 4.98 Å². The smallest absolute Gasteiger partial charge is 0.229 e. The number of fused-ring (bicyclic) bond motifs is 1. The molecule has 0 saturated carbocycles. The highest BCUT2D eigenvalue weighted by Gasteiger charge is 2.28. The summed E-state index contributed by atoms with van der Waals surface area (Å²) in [6.45, 7) is 14.8. The van der Waals surface area contributed by atoms with Crippen LogP contribution >= 0.6 is 35.6 Å². The van der Waals surface area contributed by atoms with Crippen molar-refractivity contribution in [1.29, 1.82) is 0 Å². The molecule has 48 heavy (non-hydrogen) atoms. The lowest BCUT2D eigenvalue weighted by molar-refractivity contribution is 0.0884. The van der Waals surface area contributed by atoms with Gasteiger partial charge in [0.2, 0.25) is 5.95 Å². The molecule has 2 aromatic carbocycles. The number of aryl methyl sites for hydroxylation is 1. The molecule has 13 heteroatoms. The van der Waals surface area contributed by atoms with E-state index in [4.69, 9.17) is 9.72 Å². The molecule has 0 radical (unpaired) electrons. The van der Waals surface area contributed by atoms with Crippen molar-refractivity contribution < 1.29 is 4.74 Å². The number of benzene rings is 2. The van der Waals surface area contributed by atoms with Gasteiger partial charge < -0.3 is 20.3 Å². The first-order valence-electron chi connectivity index (χ1n) is 16.8. The van der Waals surface area contributed by atoms with Crippen molar-refractivity contribution in [2.24, 2.45) is 0 Å². The molecule has 0 amide bonds. The lowest BCUT2D eigenvalue weighted by atomic mass is 9.99. The van der Waals surface area contributed by atoms with Crippen LogP contribution in [-0.2, 0) is 6.42 Å². The van der Waals surface area contributed by atoms with Crippen molar-refractivity contribution in [3.05, 3.63) is 52.9 Å². The Morgan fingerprint density at radius 2 is 1.75 bits per heavy atom. The maximum Gasteiger partial charge on any atom is 0.229 e. The molecular weight excluding hydrogens is 705 g/mol. The van der Waals surface area contributed by atoms with Crippen LogP contribution in [0.3, 0.4) is 0 Å². The van der Waals surface area contributed by atoms with E-state index in [1.54, 1.807) is 25.7 Å². The van der Waals surface area contributed by atoms with E-state index >= 15 is 0 Å². The number of anilines is 5. The molecule has 2 fully saturated rings. The highest BCUT2D eigenvalue weighted by molar-refractivity contribution is 9.10. The zero-order chi connectivity index (χ0) is 33.6. The second kappa shape index (κ2) is 16.3. The van der Waals surface area contributed by atoms with Gasteiger partial charge in [0.25, 0.3) is 0 Å². The van der Waals surface area contributed by atoms with E-state index in [2.05, 4.69) is 101 Å². The van der Waals surface area contributed by atoms with E-state index in [0.717, 1.165) is 57.4 Å². The minimum Gasteiger partial charge on any atom is -0.494 e. The number of ether oxygens (including phenoxy) is 1. The molecule has 2 saturated heterocycles. The van der Waals surface area contributed by atoms with Gasteiger partial charge in [-0.05, 0) is 78.5 Å². The normalized spacial score (nSPS) is 16.5. The van der Waals surface area contributed by atoms with Gasteiger partial charge in [0.1, 0.15) is 11.6 Å². The molecule has 256 valence electrons. The van der Waals surface area contributed by atoms with E-state index in [1.165, 1.54) is 62.6 Å². The number of piperazine rings is 1. The van der Waals surface area contributed by atoms with Gasteiger partial charge in [0.05, 0.1) is 28.3 Å². The van der Waals surface area contributed by atoms with Gasteiger partial charge in [0, 0.05) is 98.9 Å². The van der Waals surface area contributed by atoms with Crippen molar-refractivity contribution in [2.45, 2.75) is 32.2 Å². The molecule has 2 aromatic heterocycles. The number of rotatable bonds is 12. The number of hydrogen-bond donors (Lipinski definition) is 2. The van der Waals surface area contributed by atoms with E-state index < -0.39 is 7.92 Å². The van der Waals surface area contributed by atoms with Crippen LogP contribution in [0.1, 0.15) is 25.3 Å². The van der Waals surface area contributed by atoms with Crippen molar-refractivity contribution in [1.82, 2.24) is 29.7 Å². The third-order valence-corrected chi connectivity index (χ3v) is 11.9. The van der Waals surface area contributed by atoms with Crippen LogP contribution in [0.2, 0.25) is 0 Å². The van der Waals surface area contributed by atoms with Crippen molar-refractivity contribution in [2.75, 3.05) is 93.8 Å². The second-order valence-electron chi connectivity index (χ2n) is 12.5. The average molecular weight is 753 g/mol. The van der Waals surface area contributed by atoms with Gasteiger partial charge in [-0.2, -0.15) is 16.7 Å². The van der Waals surface area contributed by atoms with Crippen molar-refractivity contribution in [3.8, 4) is 5.75 Å². The Morgan fingerprint density at radius 1 is 0.979 bits per heavy atom. The Bertz CT molecular complexity index is 1700. The first-order chi connectivity index (χ1) is 23.4. The van der Waals surface area contributed by atoms with Crippen molar-refractivity contribution in [3.63, 3.8) is 0 Å². The third kappa shape index (κ3) is 7.99. The summed E-state index contributed by atoms with van der Waals surface area (Å²) in [5.41, 5.74) is 6.19. The molecule has 6 rings (SSSR count). The van der Waals surface area contributed by atoms with Gasteiger partial charge in [-0.1, -0.05) is 14.8 Å². The summed E-state index contributed by atoms with van der Waals surface area (Å²) >= 11 is 5.60. The van der Waals surface area contributed by atoms with E-state index in [-0.39, 0.29) is 0 Å². The quantitative estimate of drug-likeness (QED) is 0.154. The summed E-state index contributed by atoms with van der Waals surface area (Å²) in [6, 6.07) is 9.12. The van der Waals surface area contributed by atoms with Gasteiger partial charge in [-0.15, -0.1) is 0 Å². The standard InChI is InChI=1S/C35H47BrN9OPS/c1-6-24-21-29(31(46-2)22-30(24)45-13-9-25(10-14-45)44-17-15-43(16-18-44)19-20-48-5)41-35-39-23-26(36)34(42-35)40-28-8-7-27-32(33(28)47(3)4)38-12-11-37-27/h7-8,11-12,21-23,25H,6,9-10,13-20H2,1-5H3,(H2,39,40,41,42). The van der Waals surface area contributed by atoms with E-state index in [1.807, 2.05) is 17.8 Å². The summed E-state index contributed by atoms with van der Waals surface area (Å²) in [6.07, 6.45) is 10.8. The van der Waals surface area contributed by atoms with Crippen LogP contribution in [0, 0.1) is 0 Å². The number of piperidine rings is 1. The summed E-state index contributed by atoms with van der Waals surface area (Å²) in [5.74, 6) is 3.17. The first-order valence-corrected chi connectivity index (χ1v) is 21.2. The Hall–Kier alpha value is -2.76. The number of methoxy groups -OCH3 is 1. The number of halogens is 1. The van der Waals surface area contributed by atoms with Gasteiger partial charge >= 0.3 is 0 Å². The maximum absolute atomic E-state index is 5.94. The van der Waals surface area contributed by atoms with E-state index in [0.29, 0.717) is 17.8 Å². The monoisotopic (exact) mass is 751 g/mol. The molecule has 0 bridgehead atoms. The fourth-order valence-electron chi connectivity index (χ4n) is 6.84.